The Hall–Kier alpha value is -1.38. The van der Waals surface area contributed by atoms with Crippen LogP contribution in [0.25, 0.3) is 0 Å². The van der Waals surface area contributed by atoms with Crippen molar-refractivity contribution >= 4 is 11.5 Å². The van der Waals surface area contributed by atoms with E-state index >= 15 is 0 Å². The number of hydrogen-bond donors (Lipinski definition) is 0. The van der Waals surface area contributed by atoms with Crippen LogP contribution in [-0.4, -0.2) is 18.9 Å². The van der Waals surface area contributed by atoms with Gasteiger partial charge in [-0.1, -0.05) is 13.8 Å². The minimum Gasteiger partial charge on any atom is -0.369 e. The third-order valence-electron chi connectivity index (χ3n) is 4.59. The van der Waals surface area contributed by atoms with Gasteiger partial charge in [0.2, 0.25) is 0 Å². The molecule has 0 spiro atoms. The molecule has 1 aliphatic rings. The Kier molecular flexibility index (Phi) is 4.17. The first-order chi connectivity index (χ1) is 9.30. The van der Waals surface area contributed by atoms with Crippen molar-refractivity contribution in [1.82, 2.24) is 0 Å². The molecule has 0 radical (unpaired) electrons. The Bertz CT molecular complexity index is 500. The van der Waals surface area contributed by atoms with Crippen LogP contribution in [0.15, 0.2) is 18.2 Å². The fourth-order valence-electron chi connectivity index (χ4n) is 2.98. The van der Waals surface area contributed by atoms with Gasteiger partial charge in [0.15, 0.2) is 5.78 Å². The van der Waals surface area contributed by atoms with Gasteiger partial charge in [-0.15, -0.1) is 0 Å². The van der Waals surface area contributed by atoms with Crippen molar-refractivity contribution in [3.05, 3.63) is 29.6 Å². The molecule has 0 bridgehead atoms. The minimum absolute atomic E-state index is 0.0995. The van der Waals surface area contributed by atoms with Gasteiger partial charge in [0.25, 0.3) is 0 Å². The molecule has 2 nitrogen and oxygen atoms in total. The zero-order valence-corrected chi connectivity index (χ0v) is 12.9. The molecule has 110 valence electrons. The normalized spacial score (nSPS) is 18.9. The first kappa shape index (κ1) is 15.0. The van der Waals surface area contributed by atoms with Crippen molar-refractivity contribution in [3.8, 4) is 0 Å². The summed E-state index contributed by atoms with van der Waals surface area (Å²) < 4.78 is 14.2. The average Bonchev–Trinajstić information content (AvgIpc) is 2.37. The third-order valence-corrected chi connectivity index (χ3v) is 4.59. The molecule has 20 heavy (non-hydrogen) atoms. The Morgan fingerprint density at radius 1 is 1.30 bits per heavy atom. The van der Waals surface area contributed by atoms with Crippen LogP contribution >= 0.6 is 0 Å². The summed E-state index contributed by atoms with van der Waals surface area (Å²) in [5.41, 5.74) is 1.44. The average molecular weight is 277 g/mol. The van der Waals surface area contributed by atoms with Crippen molar-refractivity contribution in [2.45, 2.75) is 52.5 Å². The van der Waals surface area contributed by atoms with E-state index in [0.29, 0.717) is 22.7 Å². The smallest absolute Gasteiger partial charge is 0.159 e. The zero-order valence-electron chi connectivity index (χ0n) is 12.9. The summed E-state index contributed by atoms with van der Waals surface area (Å²) in [4.78, 5) is 13.3. The molecular formula is C17H24FNO. The molecule has 2 rings (SSSR count). The molecule has 1 fully saturated rings. The maximum atomic E-state index is 14.2. The number of ketones is 1. The van der Waals surface area contributed by atoms with E-state index in [-0.39, 0.29) is 11.6 Å². The Morgan fingerprint density at radius 2 is 1.90 bits per heavy atom. The summed E-state index contributed by atoms with van der Waals surface area (Å²) in [6, 6.07) is 5.18. The van der Waals surface area contributed by atoms with E-state index in [1.54, 1.807) is 12.1 Å². The monoisotopic (exact) mass is 277 g/mol. The van der Waals surface area contributed by atoms with Gasteiger partial charge in [0.05, 0.1) is 5.69 Å². The highest BCUT2D eigenvalue weighted by Crippen LogP contribution is 2.38. The number of anilines is 1. The molecule has 0 aliphatic heterocycles. The highest BCUT2D eigenvalue weighted by Gasteiger charge is 2.29. The number of halogens is 1. The van der Waals surface area contributed by atoms with Gasteiger partial charge in [-0.2, -0.15) is 0 Å². The molecule has 0 N–H and O–H groups in total. The third kappa shape index (κ3) is 3.20. The van der Waals surface area contributed by atoms with E-state index in [1.165, 1.54) is 25.8 Å². The van der Waals surface area contributed by atoms with Crippen molar-refractivity contribution < 1.29 is 9.18 Å². The molecule has 1 aromatic rings. The quantitative estimate of drug-likeness (QED) is 0.762. The molecule has 0 heterocycles. The fraction of sp³-hybridized carbons (Fsp3) is 0.588. The van der Waals surface area contributed by atoms with E-state index < -0.39 is 0 Å². The lowest BCUT2D eigenvalue weighted by molar-refractivity contribution is 0.101. The molecule has 0 unspecified atom stereocenters. The summed E-state index contributed by atoms with van der Waals surface area (Å²) in [7, 11) is 1.95. The number of carbonyl (C=O) groups is 1. The molecule has 0 saturated heterocycles. The van der Waals surface area contributed by atoms with Crippen molar-refractivity contribution in [3.63, 3.8) is 0 Å². The second kappa shape index (κ2) is 5.55. The predicted octanol–water partition coefficient (Wildman–Crippen LogP) is 4.43. The Morgan fingerprint density at radius 3 is 2.40 bits per heavy atom. The summed E-state index contributed by atoms with van der Waals surface area (Å²) >= 11 is 0. The first-order valence-corrected chi connectivity index (χ1v) is 7.33. The van der Waals surface area contributed by atoms with Gasteiger partial charge >= 0.3 is 0 Å². The number of carbonyl (C=O) groups excluding carboxylic acids is 1. The molecule has 0 aromatic heterocycles. The highest BCUT2D eigenvalue weighted by atomic mass is 19.1. The van der Waals surface area contributed by atoms with Crippen LogP contribution in [-0.2, 0) is 0 Å². The van der Waals surface area contributed by atoms with E-state index in [2.05, 4.69) is 13.8 Å². The SMILES string of the molecule is CC(=O)c1ccc(N(C)C2CCC(C)(C)CC2)c(F)c1. The Balaban J connectivity index is 2.13. The predicted molar refractivity (Wildman–Crippen MR) is 80.8 cm³/mol. The number of Topliss-reactive ketones (excluding diaryl/α,β-unsaturated/α-hetero) is 1. The molecule has 1 aliphatic carbocycles. The molecule has 0 amide bonds. The zero-order chi connectivity index (χ0) is 14.9. The van der Waals surface area contributed by atoms with E-state index in [4.69, 9.17) is 0 Å². The molecule has 0 atom stereocenters. The fourth-order valence-corrected chi connectivity index (χ4v) is 2.98. The lowest BCUT2D eigenvalue weighted by Gasteiger charge is -2.39. The molecule has 1 aromatic carbocycles. The van der Waals surface area contributed by atoms with E-state index in [0.717, 1.165) is 12.8 Å². The lowest BCUT2D eigenvalue weighted by Crippen LogP contribution is -2.37. The van der Waals surface area contributed by atoms with Gasteiger partial charge in [-0.05, 0) is 56.2 Å². The van der Waals surface area contributed by atoms with Gasteiger partial charge in [-0.3, -0.25) is 4.79 Å². The van der Waals surface area contributed by atoms with Crippen LogP contribution in [0.1, 0.15) is 56.8 Å². The summed E-state index contributed by atoms with van der Waals surface area (Å²) in [5.74, 6) is -0.400. The molecular weight excluding hydrogens is 253 g/mol. The lowest BCUT2D eigenvalue weighted by atomic mass is 9.75. The summed E-state index contributed by atoms with van der Waals surface area (Å²) in [6.07, 6.45) is 4.54. The van der Waals surface area contributed by atoms with E-state index in [9.17, 15) is 9.18 Å². The number of benzene rings is 1. The van der Waals surface area contributed by atoms with Gasteiger partial charge in [0, 0.05) is 18.7 Å². The largest absolute Gasteiger partial charge is 0.369 e. The second-order valence-corrected chi connectivity index (χ2v) is 6.73. The second-order valence-electron chi connectivity index (χ2n) is 6.73. The summed E-state index contributed by atoms with van der Waals surface area (Å²) in [6.45, 7) is 6.05. The molecule has 3 heteroatoms. The standard InChI is InChI=1S/C17H24FNO/c1-12(20)13-5-6-16(15(18)11-13)19(4)14-7-9-17(2,3)10-8-14/h5-6,11,14H,7-10H2,1-4H3. The van der Waals surface area contributed by atoms with Gasteiger partial charge in [0.1, 0.15) is 5.82 Å². The first-order valence-electron chi connectivity index (χ1n) is 7.33. The number of hydrogen-bond acceptors (Lipinski definition) is 2. The van der Waals surface area contributed by atoms with E-state index in [1.807, 2.05) is 11.9 Å². The van der Waals surface area contributed by atoms with Crippen LogP contribution in [0.3, 0.4) is 0 Å². The van der Waals surface area contributed by atoms with Crippen molar-refractivity contribution in [2.75, 3.05) is 11.9 Å². The van der Waals surface area contributed by atoms with Crippen LogP contribution in [0.2, 0.25) is 0 Å². The van der Waals surface area contributed by atoms with Crippen molar-refractivity contribution in [1.29, 1.82) is 0 Å². The van der Waals surface area contributed by atoms with Crippen LogP contribution in [0, 0.1) is 11.2 Å². The van der Waals surface area contributed by atoms with Crippen LogP contribution in [0.5, 0.6) is 0 Å². The topological polar surface area (TPSA) is 20.3 Å². The summed E-state index contributed by atoms with van der Waals surface area (Å²) in [5, 5.41) is 0. The van der Waals surface area contributed by atoms with Gasteiger partial charge in [-0.25, -0.2) is 4.39 Å². The minimum atomic E-state index is -0.301. The van der Waals surface area contributed by atoms with Crippen LogP contribution in [0.4, 0.5) is 10.1 Å². The van der Waals surface area contributed by atoms with Crippen LogP contribution < -0.4 is 4.90 Å². The molecule has 1 saturated carbocycles. The number of nitrogens with zero attached hydrogens (tertiary/aromatic N) is 1. The van der Waals surface area contributed by atoms with Gasteiger partial charge < -0.3 is 4.90 Å². The highest BCUT2D eigenvalue weighted by molar-refractivity contribution is 5.94. The maximum Gasteiger partial charge on any atom is 0.159 e. The van der Waals surface area contributed by atoms with Crippen molar-refractivity contribution in [2.24, 2.45) is 5.41 Å². The number of rotatable bonds is 3. The Labute approximate surface area is 121 Å². The maximum absolute atomic E-state index is 14.2.